The second-order valence-corrected chi connectivity index (χ2v) is 7.87. The number of benzene rings is 2. The van der Waals surface area contributed by atoms with Gasteiger partial charge in [-0.05, 0) is 23.8 Å². The van der Waals surface area contributed by atoms with Crippen LogP contribution in [0.5, 0.6) is 0 Å². The molecule has 148 valence electrons. The van der Waals surface area contributed by atoms with E-state index < -0.39 is 41.3 Å². The van der Waals surface area contributed by atoms with E-state index in [-0.39, 0.29) is 23.2 Å². The molecule has 0 bridgehead atoms. The maximum atomic E-state index is 14.4. The van der Waals surface area contributed by atoms with Gasteiger partial charge in [-0.2, -0.15) is 0 Å². The number of amides is 4. The summed E-state index contributed by atoms with van der Waals surface area (Å²) in [6, 6.07) is 10.5. The van der Waals surface area contributed by atoms with Gasteiger partial charge in [0.2, 0.25) is 5.91 Å². The van der Waals surface area contributed by atoms with Crippen molar-refractivity contribution < 1.29 is 23.6 Å². The number of carbonyl (C=O) groups excluding carboxylic acids is 4. The molecule has 7 nitrogen and oxygen atoms in total. The van der Waals surface area contributed by atoms with Crippen LogP contribution in [-0.4, -0.2) is 40.6 Å². The zero-order chi connectivity index (χ0) is 20.9. The molecule has 0 aliphatic carbocycles. The Bertz CT molecular complexity index is 1090. The third-order valence-electron chi connectivity index (χ3n) is 5.26. The fourth-order valence-electron chi connectivity index (χ4n) is 3.71. The van der Waals surface area contributed by atoms with Gasteiger partial charge in [0.1, 0.15) is 5.82 Å². The summed E-state index contributed by atoms with van der Waals surface area (Å²) in [7, 11) is 1.38. The maximum Gasteiger partial charge on any atom is 0.261 e. The average Bonchev–Trinajstić information content (AvgIpc) is 2.68. The normalized spacial score (nSPS) is 21.5. The van der Waals surface area contributed by atoms with Gasteiger partial charge in [-0.25, -0.2) is 4.39 Å². The molecule has 1 N–H and O–H groups in total. The summed E-state index contributed by atoms with van der Waals surface area (Å²) in [4.78, 5) is 52.7. The lowest BCUT2D eigenvalue weighted by Crippen LogP contribution is -2.67. The number of hydrogen-bond donors (Lipinski definition) is 1. The Kier molecular flexibility index (Phi) is 4.49. The van der Waals surface area contributed by atoms with Gasteiger partial charge < -0.3 is 0 Å². The van der Waals surface area contributed by atoms with E-state index in [0.717, 1.165) is 9.91 Å². The number of fused-ring (bicyclic) bond motifs is 2. The lowest BCUT2D eigenvalue weighted by Gasteiger charge is -2.44. The van der Waals surface area contributed by atoms with Crippen LogP contribution in [0.2, 0.25) is 0 Å². The van der Waals surface area contributed by atoms with Crippen molar-refractivity contribution in [3.8, 4) is 0 Å². The summed E-state index contributed by atoms with van der Waals surface area (Å²) >= 11 is 3.16. The highest BCUT2D eigenvalue weighted by atomic mass is 79.9. The minimum Gasteiger partial charge on any atom is -0.273 e. The molecule has 4 rings (SSSR count). The summed E-state index contributed by atoms with van der Waals surface area (Å²) in [5.41, 5.74) is 0.943. The predicted molar refractivity (Wildman–Crippen MR) is 103 cm³/mol. The molecule has 1 atom stereocenters. The van der Waals surface area contributed by atoms with E-state index in [9.17, 15) is 23.6 Å². The van der Waals surface area contributed by atoms with Crippen LogP contribution in [-0.2, 0) is 26.3 Å². The van der Waals surface area contributed by atoms with Crippen molar-refractivity contribution in [3.05, 3.63) is 69.4 Å². The molecule has 2 heterocycles. The number of nitrogens with zero attached hydrogens (tertiary/aromatic N) is 2. The molecule has 29 heavy (non-hydrogen) atoms. The number of hydrazine groups is 1. The lowest BCUT2D eigenvalue weighted by molar-refractivity contribution is -0.159. The molecule has 2 aromatic rings. The monoisotopic (exact) mass is 459 g/mol. The Morgan fingerprint density at radius 3 is 2.59 bits per heavy atom. The highest BCUT2D eigenvalue weighted by molar-refractivity contribution is 9.10. The van der Waals surface area contributed by atoms with Crippen LogP contribution in [0.4, 0.5) is 4.39 Å². The summed E-state index contributed by atoms with van der Waals surface area (Å²) in [6.45, 7) is -0.357. The van der Waals surface area contributed by atoms with Crippen molar-refractivity contribution in [2.24, 2.45) is 0 Å². The van der Waals surface area contributed by atoms with E-state index in [2.05, 4.69) is 21.4 Å². The minimum atomic E-state index is -1.88. The molecular formula is C20H15BrFN3O4. The van der Waals surface area contributed by atoms with Crippen LogP contribution >= 0.6 is 15.9 Å². The Morgan fingerprint density at radius 1 is 1.14 bits per heavy atom. The van der Waals surface area contributed by atoms with E-state index in [1.165, 1.54) is 31.3 Å². The lowest BCUT2D eigenvalue weighted by atomic mass is 9.70. The molecule has 2 aliphatic heterocycles. The second-order valence-electron chi connectivity index (χ2n) is 6.95. The fraction of sp³-hybridized carbons (Fsp3) is 0.200. The molecule has 1 unspecified atom stereocenters. The largest absolute Gasteiger partial charge is 0.273 e. The van der Waals surface area contributed by atoms with Gasteiger partial charge >= 0.3 is 0 Å². The van der Waals surface area contributed by atoms with Crippen LogP contribution < -0.4 is 5.43 Å². The minimum absolute atomic E-state index is 0.115. The van der Waals surface area contributed by atoms with E-state index >= 15 is 0 Å². The molecule has 0 radical (unpaired) electrons. The average molecular weight is 460 g/mol. The van der Waals surface area contributed by atoms with Crippen LogP contribution in [0.25, 0.3) is 0 Å². The summed E-state index contributed by atoms with van der Waals surface area (Å²) in [5, 5.41) is 1.01. The van der Waals surface area contributed by atoms with Gasteiger partial charge in [0.15, 0.2) is 5.41 Å². The van der Waals surface area contributed by atoms with Crippen molar-refractivity contribution in [2.75, 3.05) is 7.05 Å². The Hall–Kier alpha value is -3.07. The first-order valence-electron chi connectivity index (χ1n) is 8.73. The number of imide groups is 1. The third kappa shape index (κ3) is 2.84. The first-order valence-corrected chi connectivity index (χ1v) is 9.52. The van der Waals surface area contributed by atoms with Crippen molar-refractivity contribution in [3.63, 3.8) is 0 Å². The molecule has 2 aromatic carbocycles. The van der Waals surface area contributed by atoms with E-state index in [0.29, 0.717) is 4.47 Å². The van der Waals surface area contributed by atoms with Gasteiger partial charge in [-0.3, -0.25) is 34.5 Å². The van der Waals surface area contributed by atoms with Crippen LogP contribution in [0.15, 0.2) is 46.9 Å². The second kappa shape index (κ2) is 6.77. The molecule has 9 heteroatoms. The SMILES string of the molecule is CN1NC(=O)C2(CC1=O)C(=O)N(Cc1ccc(Br)cc1F)C(=O)c1ccccc12. The van der Waals surface area contributed by atoms with Crippen molar-refractivity contribution in [1.29, 1.82) is 0 Å². The molecule has 1 spiro atoms. The highest BCUT2D eigenvalue weighted by Crippen LogP contribution is 2.40. The highest BCUT2D eigenvalue weighted by Gasteiger charge is 2.59. The molecular weight excluding hydrogens is 445 g/mol. The smallest absolute Gasteiger partial charge is 0.261 e. The van der Waals surface area contributed by atoms with Gasteiger partial charge in [-0.1, -0.05) is 40.2 Å². The Balaban J connectivity index is 1.86. The summed E-state index contributed by atoms with van der Waals surface area (Å²) in [6.07, 6.45) is -0.419. The molecule has 4 amide bonds. The molecule has 1 saturated heterocycles. The molecule has 0 saturated carbocycles. The van der Waals surface area contributed by atoms with E-state index in [1.54, 1.807) is 18.2 Å². The summed E-state index contributed by atoms with van der Waals surface area (Å²) in [5.74, 6) is -3.26. The maximum absolute atomic E-state index is 14.4. The molecule has 2 aliphatic rings. The Morgan fingerprint density at radius 2 is 1.86 bits per heavy atom. The van der Waals surface area contributed by atoms with E-state index in [1.807, 2.05) is 0 Å². The van der Waals surface area contributed by atoms with Gasteiger partial charge in [0, 0.05) is 22.6 Å². The van der Waals surface area contributed by atoms with Crippen molar-refractivity contribution in [2.45, 2.75) is 18.4 Å². The van der Waals surface area contributed by atoms with Crippen LogP contribution in [0.3, 0.4) is 0 Å². The van der Waals surface area contributed by atoms with Gasteiger partial charge in [0.05, 0.1) is 13.0 Å². The third-order valence-corrected chi connectivity index (χ3v) is 5.76. The standard InChI is InChI=1S/C20H15BrFN3O4/c1-24-16(26)9-20(18(28)23-24)14-5-3-2-4-13(14)17(27)25(19(20)29)10-11-6-7-12(21)8-15(11)22/h2-8H,9-10H2,1H3,(H,23,28). The topological polar surface area (TPSA) is 86.8 Å². The quantitative estimate of drug-likeness (QED) is 0.548. The zero-order valence-corrected chi connectivity index (χ0v) is 16.8. The molecule has 1 fully saturated rings. The fourth-order valence-corrected chi connectivity index (χ4v) is 4.05. The first kappa shape index (κ1) is 19.3. The number of nitrogens with one attached hydrogen (secondary N) is 1. The number of hydrogen-bond acceptors (Lipinski definition) is 4. The summed E-state index contributed by atoms with van der Waals surface area (Å²) < 4.78 is 14.9. The van der Waals surface area contributed by atoms with Crippen molar-refractivity contribution >= 4 is 39.6 Å². The number of carbonyl (C=O) groups is 4. The van der Waals surface area contributed by atoms with Gasteiger partial charge in [0.25, 0.3) is 17.7 Å². The van der Waals surface area contributed by atoms with Gasteiger partial charge in [-0.15, -0.1) is 0 Å². The van der Waals surface area contributed by atoms with Crippen LogP contribution in [0, 0.1) is 5.82 Å². The predicted octanol–water partition coefficient (Wildman–Crippen LogP) is 1.90. The molecule has 0 aromatic heterocycles. The number of halogens is 2. The van der Waals surface area contributed by atoms with Crippen LogP contribution in [0.1, 0.15) is 27.9 Å². The Labute approximate surface area is 173 Å². The van der Waals surface area contributed by atoms with E-state index in [4.69, 9.17) is 0 Å². The number of rotatable bonds is 2. The first-order chi connectivity index (χ1) is 13.8. The van der Waals surface area contributed by atoms with Crippen molar-refractivity contribution in [1.82, 2.24) is 15.3 Å². The zero-order valence-electron chi connectivity index (χ0n) is 15.2.